The molecule has 2 nitrogen and oxygen atoms in total. The van der Waals surface area contributed by atoms with E-state index in [1.807, 2.05) is 23.5 Å². The number of rotatable bonds is 3. The van der Waals surface area contributed by atoms with Crippen molar-refractivity contribution in [2.75, 3.05) is 26.2 Å². The third-order valence-corrected chi connectivity index (χ3v) is 5.08. The molecule has 106 valence electrons. The molecule has 2 heterocycles. The van der Waals surface area contributed by atoms with Crippen LogP contribution in [0, 0.1) is 6.92 Å². The Balaban J connectivity index is 1.95. The van der Waals surface area contributed by atoms with E-state index >= 15 is 0 Å². The van der Waals surface area contributed by atoms with Gasteiger partial charge in [0.05, 0.1) is 6.04 Å². The molecule has 1 atom stereocenters. The first kappa shape index (κ1) is 14.1. The van der Waals surface area contributed by atoms with Crippen LogP contribution < -0.4 is 5.32 Å². The molecular formula is C16H19ClN2S. The van der Waals surface area contributed by atoms with Crippen molar-refractivity contribution in [2.24, 2.45) is 0 Å². The topological polar surface area (TPSA) is 15.3 Å². The predicted octanol–water partition coefficient (Wildman–Crippen LogP) is 3.70. The first-order valence-electron chi connectivity index (χ1n) is 6.99. The predicted molar refractivity (Wildman–Crippen MR) is 86.8 cm³/mol. The average Bonchev–Trinajstić information content (AvgIpc) is 2.89. The fourth-order valence-electron chi connectivity index (χ4n) is 2.74. The average molecular weight is 307 g/mol. The monoisotopic (exact) mass is 306 g/mol. The Hall–Kier alpha value is -0.870. The summed E-state index contributed by atoms with van der Waals surface area (Å²) < 4.78 is 0. The zero-order valence-electron chi connectivity index (χ0n) is 11.6. The Labute approximate surface area is 129 Å². The van der Waals surface area contributed by atoms with Gasteiger partial charge in [0, 0.05) is 36.1 Å². The molecule has 3 rings (SSSR count). The minimum absolute atomic E-state index is 0.355. The van der Waals surface area contributed by atoms with E-state index in [1.165, 1.54) is 16.0 Å². The molecule has 1 aromatic carbocycles. The second-order valence-corrected chi connectivity index (χ2v) is 6.65. The summed E-state index contributed by atoms with van der Waals surface area (Å²) in [5, 5.41) is 6.47. The molecule has 0 aliphatic carbocycles. The highest BCUT2D eigenvalue weighted by atomic mass is 35.5. The van der Waals surface area contributed by atoms with Gasteiger partial charge in [0.25, 0.3) is 0 Å². The van der Waals surface area contributed by atoms with Crippen molar-refractivity contribution in [1.82, 2.24) is 10.2 Å². The number of thiophene rings is 1. The number of halogens is 1. The van der Waals surface area contributed by atoms with Crippen LogP contribution >= 0.6 is 22.9 Å². The highest BCUT2D eigenvalue weighted by Crippen LogP contribution is 2.33. The Bertz CT molecular complexity index is 558. The van der Waals surface area contributed by atoms with Gasteiger partial charge in [-0.3, -0.25) is 4.90 Å². The van der Waals surface area contributed by atoms with Crippen LogP contribution in [0.1, 0.15) is 22.0 Å². The first-order chi connectivity index (χ1) is 9.74. The van der Waals surface area contributed by atoms with Crippen molar-refractivity contribution in [1.29, 1.82) is 0 Å². The lowest BCUT2D eigenvalue weighted by Crippen LogP contribution is -2.45. The van der Waals surface area contributed by atoms with Crippen LogP contribution in [-0.2, 0) is 0 Å². The van der Waals surface area contributed by atoms with E-state index in [0.29, 0.717) is 6.04 Å². The minimum Gasteiger partial charge on any atom is -0.314 e. The molecule has 0 spiro atoms. The van der Waals surface area contributed by atoms with Crippen LogP contribution in [0.25, 0.3) is 0 Å². The fraction of sp³-hybridized carbons (Fsp3) is 0.375. The zero-order valence-corrected chi connectivity index (χ0v) is 13.2. The molecule has 1 saturated heterocycles. The molecule has 0 amide bonds. The molecule has 2 aromatic rings. The van der Waals surface area contributed by atoms with Crippen molar-refractivity contribution < 1.29 is 0 Å². The van der Waals surface area contributed by atoms with Gasteiger partial charge in [-0.25, -0.2) is 0 Å². The Kier molecular flexibility index (Phi) is 4.41. The first-order valence-corrected chi connectivity index (χ1v) is 8.25. The minimum atomic E-state index is 0.355. The number of aryl methyl sites for hydroxylation is 1. The van der Waals surface area contributed by atoms with E-state index in [1.54, 1.807) is 0 Å². The lowest BCUT2D eigenvalue weighted by atomic mass is 10.0. The van der Waals surface area contributed by atoms with Crippen LogP contribution in [0.4, 0.5) is 0 Å². The molecule has 0 saturated carbocycles. The van der Waals surface area contributed by atoms with E-state index in [9.17, 15) is 0 Å². The highest BCUT2D eigenvalue weighted by molar-refractivity contribution is 7.10. The summed E-state index contributed by atoms with van der Waals surface area (Å²) >= 11 is 7.89. The Morgan fingerprint density at radius 2 is 1.90 bits per heavy atom. The van der Waals surface area contributed by atoms with Crippen molar-refractivity contribution in [3.63, 3.8) is 0 Å². The summed E-state index contributed by atoms with van der Waals surface area (Å²) in [6.45, 7) is 6.47. The maximum absolute atomic E-state index is 6.03. The summed E-state index contributed by atoms with van der Waals surface area (Å²) in [4.78, 5) is 3.98. The molecule has 0 bridgehead atoms. The van der Waals surface area contributed by atoms with Crippen LogP contribution in [0.15, 0.2) is 35.7 Å². The zero-order chi connectivity index (χ0) is 13.9. The Morgan fingerprint density at radius 3 is 2.50 bits per heavy atom. The fourth-order valence-corrected chi connectivity index (χ4v) is 3.92. The van der Waals surface area contributed by atoms with Gasteiger partial charge < -0.3 is 5.32 Å². The van der Waals surface area contributed by atoms with Crippen LogP contribution in [-0.4, -0.2) is 31.1 Å². The molecule has 20 heavy (non-hydrogen) atoms. The molecular weight excluding hydrogens is 288 g/mol. The molecule has 1 aliphatic heterocycles. The second kappa shape index (κ2) is 6.27. The molecule has 4 heteroatoms. The van der Waals surface area contributed by atoms with Gasteiger partial charge in [-0.05, 0) is 41.6 Å². The third kappa shape index (κ3) is 3.07. The standard InChI is InChI=1S/C16H19ClN2S/c1-12-10-15(20-11-12)16(19-8-6-18-7-9-19)13-2-4-14(17)5-3-13/h2-5,10-11,16,18H,6-9H2,1H3. The van der Waals surface area contributed by atoms with Crippen molar-refractivity contribution in [2.45, 2.75) is 13.0 Å². The van der Waals surface area contributed by atoms with E-state index in [2.05, 4.69) is 40.7 Å². The lowest BCUT2D eigenvalue weighted by Gasteiger charge is -2.34. The summed E-state index contributed by atoms with van der Waals surface area (Å²) in [7, 11) is 0. The molecule has 1 aromatic heterocycles. The van der Waals surface area contributed by atoms with Gasteiger partial charge >= 0.3 is 0 Å². The van der Waals surface area contributed by atoms with Crippen molar-refractivity contribution >= 4 is 22.9 Å². The highest BCUT2D eigenvalue weighted by Gasteiger charge is 2.24. The lowest BCUT2D eigenvalue weighted by molar-refractivity contribution is 0.200. The number of piperazine rings is 1. The molecule has 1 N–H and O–H groups in total. The SMILES string of the molecule is Cc1csc(C(c2ccc(Cl)cc2)N2CCNCC2)c1. The quantitative estimate of drug-likeness (QED) is 0.930. The Morgan fingerprint density at radius 1 is 1.20 bits per heavy atom. The molecule has 1 fully saturated rings. The van der Waals surface area contributed by atoms with Gasteiger partial charge in [-0.15, -0.1) is 11.3 Å². The van der Waals surface area contributed by atoms with Crippen LogP contribution in [0.5, 0.6) is 0 Å². The molecule has 0 radical (unpaired) electrons. The van der Waals surface area contributed by atoms with E-state index in [0.717, 1.165) is 31.2 Å². The molecule has 1 aliphatic rings. The van der Waals surface area contributed by atoms with Crippen LogP contribution in [0.2, 0.25) is 5.02 Å². The smallest absolute Gasteiger partial charge is 0.0697 e. The number of hydrogen-bond donors (Lipinski definition) is 1. The van der Waals surface area contributed by atoms with Gasteiger partial charge in [0.2, 0.25) is 0 Å². The normalized spacial score (nSPS) is 18.1. The van der Waals surface area contributed by atoms with E-state index in [4.69, 9.17) is 11.6 Å². The van der Waals surface area contributed by atoms with Crippen LogP contribution in [0.3, 0.4) is 0 Å². The van der Waals surface area contributed by atoms with E-state index in [-0.39, 0.29) is 0 Å². The molecule has 1 unspecified atom stereocenters. The number of hydrogen-bond acceptors (Lipinski definition) is 3. The van der Waals surface area contributed by atoms with Gasteiger partial charge in [0.1, 0.15) is 0 Å². The van der Waals surface area contributed by atoms with E-state index < -0.39 is 0 Å². The van der Waals surface area contributed by atoms with Gasteiger partial charge in [-0.2, -0.15) is 0 Å². The largest absolute Gasteiger partial charge is 0.314 e. The summed E-state index contributed by atoms with van der Waals surface area (Å²) in [5.74, 6) is 0. The number of nitrogens with one attached hydrogen (secondary N) is 1. The number of nitrogens with zero attached hydrogens (tertiary/aromatic N) is 1. The third-order valence-electron chi connectivity index (χ3n) is 3.72. The summed E-state index contributed by atoms with van der Waals surface area (Å²) in [5.41, 5.74) is 2.68. The van der Waals surface area contributed by atoms with Crippen molar-refractivity contribution in [3.05, 3.63) is 56.7 Å². The maximum Gasteiger partial charge on any atom is 0.0697 e. The second-order valence-electron chi connectivity index (χ2n) is 5.27. The summed E-state index contributed by atoms with van der Waals surface area (Å²) in [6, 6.07) is 11.0. The van der Waals surface area contributed by atoms with Gasteiger partial charge in [0.15, 0.2) is 0 Å². The summed E-state index contributed by atoms with van der Waals surface area (Å²) in [6.07, 6.45) is 0. The number of benzene rings is 1. The maximum atomic E-state index is 6.03. The van der Waals surface area contributed by atoms with Crippen molar-refractivity contribution in [3.8, 4) is 0 Å². The van der Waals surface area contributed by atoms with Gasteiger partial charge in [-0.1, -0.05) is 23.7 Å².